The lowest BCUT2D eigenvalue weighted by Crippen LogP contribution is -2.84. The summed E-state index contributed by atoms with van der Waals surface area (Å²) in [6, 6.07) is 0. The molecule has 0 radical (unpaired) electrons. The molecule has 172 valence electrons. The molecule has 0 aromatic heterocycles. The summed E-state index contributed by atoms with van der Waals surface area (Å²) in [5.41, 5.74) is -1.26. The van der Waals surface area contributed by atoms with Crippen LogP contribution in [0.3, 0.4) is 0 Å². The molecule has 2 aliphatic heterocycles. The van der Waals surface area contributed by atoms with E-state index in [1.54, 1.807) is 0 Å². The lowest BCUT2D eigenvalue weighted by Gasteiger charge is -2.75. The first kappa shape index (κ1) is 21.4. The molecule has 0 aromatic rings. The van der Waals surface area contributed by atoms with E-state index >= 15 is 0 Å². The molecule has 6 fully saturated rings. The molecule has 7 nitrogen and oxygen atoms in total. The molecule has 2 spiro atoms. The van der Waals surface area contributed by atoms with Crippen LogP contribution in [0.1, 0.15) is 59.8 Å². The zero-order valence-corrected chi connectivity index (χ0v) is 18.8. The van der Waals surface area contributed by atoms with E-state index < -0.39 is 41.5 Å². The van der Waals surface area contributed by atoms with Crippen molar-refractivity contribution in [1.29, 1.82) is 0 Å². The summed E-state index contributed by atoms with van der Waals surface area (Å²) in [6.45, 7) is 11.5. The number of carbonyl (C=O) groups is 2. The standard InChI is InChI=1S/C24H34O7/c1-12-15-7-8-16-22-10-6-9-21(4,5)17(22)20(31-14(3)26)24(28,29-11-22)23(16,18(15)27)19(12)30-13(2)25/h15-20,27-28H,1,6-11H2,2-5H3/t15-,16-,17+,18+,19+,20-,22+,23-,24+/m0/s1. The molecule has 2 heterocycles. The van der Waals surface area contributed by atoms with Gasteiger partial charge in [-0.3, -0.25) is 9.59 Å². The fourth-order valence-electron chi connectivity index (χ4n) is 8.84. The van der Waals surface area contributed by atoms with Crippen molar-refractivity contribution in [3.05, 3.63) is 12.2 Å². The molecule has 4 bridgehead atoms. The zero-order valence-electron chi connectivity index (χ0n) is 18.8. The summed E-state index contributed by atoms with van der Waals surface area (Å²) in [7, 11) is 0. The van der Waals surface area contributed by atoms with Gasteiger partial charge in [-0.15, -0.1) is 0 Å². The van der Waals surface area contributed by atoms with Gasteiger partial charge in [0, 0.05) is 31.1 Å². The molecular weight excluding hydrogens is 400 g/mol. The molecule has 6 rings (SSSR count). The molecule has 2 N–H and O–H groups in total. The second kappa shape index (κ2) is 6.33. The lowest BCUT2D eigenvalue weighted by molar-refractivity contribution is -0.467. The monoisotopic (exact) mass is 434 g/mol. The van der Waals surface area contributed by atoms with Gasteiger partial charge in [0.25, 0.3) is 0 Å². The minimum atomic E-state index is -1.97. The first-order valence-electron chi connectivity index (χ1n) is 11.5. The van der Waals surface area contributed by atoms with E-state index in [2.05, 4.69) is 20.4 Å². The van der Waals surface area contributed by atoms with Gasteiger partial charge in [0.05, 0.1) is 18.1 Å². The Bertz CT molecular complexity index is 851. The van der Waals surface area contributed by atoms with Crippen LogP contribution in [0.15, 0.2) is 12.2 Å². The molecule has 0 aromatic carbocycles. The summed E-state index contributed by atoms with van der Waals surface area (Å²) >= 11 is 0. The third kappa shape index (κ3) is 2.30. The Labute approximate surface area is 183 Å². The molecule has 0 unspecified atom stereocenters. The molecule has 31 heavy (non-hydrogen) atoms. The first-order chi connectivity index (χ1) is 14.4. The van der Waals surface area contributed by atoms with E-state index in [1.807, 2.05) is 0 Å². The second-order valence-electron chi connectivity index (χ2n) is 11.2. The van der Waals surface area contributed by atoms with Crippen molar-refractivity contribution in [1.82, 2.24) is 0 Å². The fourth-order valence-corrected chi connectivity index (χ4v) is 8.84. The number of esters is 2. The number of carbonyl (C=O) groups excluding carboxylic acids is 2. The van der Waals surface area contributed by atoms with Crippen molar-refractivity contribution in [2.45, 2.75) is 83.9 Å². The Kier molecular flexibility index (Phi) is 4.37. The van der Waals surface area contributed by atoms with Gasteiger partial charge in [-0.05, 0) is 42.6 Å². The first-order valence-corrected chi connectivity index (χ1v) is 11.5. The van der Waals surface area contributed by atoms with E-state index in [0.717, 1.165) is 32.1 Å². The Morgan fingerprint density at radius 2 is 1.81 bits per heavy atom. The van der Waals surface area contributed by atoms with Crippen molar-refractivity contribution in [2.75, 3.05) is 6.61 Å². The van der Waals surface area contributed by atoms with Crippen molar-refractivity contribution in [3.63, 3.8) is 0 Å². The van der Waals surface area contributed by atoms with Crippen LogP contribution in [0.4, 0.5) is 0 Å². The smallest absolute Gasteiger partial charge is 0.303 e. The number of hydrogen-bond acceptors (Lipinski definition) is 7. The van der Waals surface area contributed by atoms with Crippen LogP contribution in [-0.4, -0.2) is 52.9 Å². The van der Waals surface area contributed by atoms with Crippen LogP contribution in [-0.2, 0) is 23.8 Å². The van der Waals surface area contributed by atoms with Gasteiger partial charge in [0.2, 0.25) is 5.79 Å². The van der Waals surface area contributed by atoms with Crippen LogP contribution in [0, 0.1) is 34.0 Å². The van der Waals surface area contributed by atoms with E-state index in [9.17, 15) is 19.8 Å². The van der Waals surface area contributed by atoms with Gasteiger partial charge in [-0.1, -0.05) is 26.8 Å². The van der Waals surface area contributed by atoms with Crippen LogP contribution in [0.5, 0.6) is 0 Å². The molecule has 7 heteroatoms. The number of hydrogen-bond donors (Lipinski definition) is 2. The van der Waals surface area contributed by atoms with E-state index in [1.165, 1.54) is 13.8 Å². The van der Waals surface area contributed by atoms with E-state index in [0.29, 0.717) is 12.2 Å². The Morgan fingerprint density at radius 1 is 1.13 bits per heavy atom. The van der Waals surface area contributed by atoms with Crippen molar-refractivity contribution < 1.29 is 34.0 Å². The maximum absolute atomic E-state index is 12.3. The molecular formula is C24H34O7. The Balaban J connectivity index is 1.78. The number of ether oxygens (including phenoxy) is 3. The number of aliphatic hydroxyl groups is 2. The van der Waals surface area contributed by atoms with Gasteiger partial charge in [0.15, 0.2) is 6.10 Å². The average Bonchev–Trinajstić information content (AvgIpc) is 2.77. The maximum atomic E-state index is 12.3. The van der Waals surface area contributed by atoms with Crippen LogP contribution >= 0.6 is 0 Å². The van der Waals surface area contributed by atoms with Gasteiger partial charge in [-0.2, -0.15) is 0 Å². The molecule has 9 atom stereocenters. The quantitative estimate of drug-likeness (QED) is 0.508. The highest BCUT2D eigenvalue weighted by Crippen LogP contribution is 2.78. The number of rotatable bonds is 2. The van der Waals surface area contributed by atoms with Gasteiger partial charge < -0.3 is 24.4 Å². The third-order valence-electron chi connectivity index (χ3n) is 9.53. The van der Waals surface area contributed by atoms with Crippen LogP contribution < -0.4 is 0 Å². The molecule has 0 amide bonds. The van der Waals surface area contributed by atoms with Gasteiger partial charge in [-0.25, -0.2) is 0 Å². The van der Waals surface area contributed by atoms with Gasteiger partial charge >= 0.3 is 11.9 Å². The van der Waals surface area contributed by atoms with Gasteiger partial charge in [0.1, 0.15) is 6.10 Å². The minimum absolute atomic E-state index is 0.123. The zero-order chi connectivity index (χ0) is 22.6. The number of fused-ring (bicyclic) bond motifs is 2. The highest BCUT2D eigenvalue weighted by molar-refractivity contribution is 5.67. The van der Waals surface area contributed by atoms with Crippen molar-refractivity contribution >= 4 is 11.9 Å². The lowest BCUT2D eigenvalue weighted by atomic mass is 9.36. The summed E-state index contributed by atoms with van der Waals surface area (Å²) in [5, 5.41) is 24.0. The predicted octanol–water partition coefficient (Wildman–Crippen LogP) is 2.34. The predicted molar refractivity (Wildman–Crippen MR) is 109 cm³/mol. The SMILES string of the molecule is C=C1[C@@H](OC(C)=O)[C@@]23[C@H](O)[C@H]1CC[C@H]2[C@]12CCCC(C)(C)[C@H]1[C@H](OC(C)=O)[C@@]3(O)OC2. The highest BCUT2D eigenvalue weighted by Gasteiger charge is 2.86. The molecule has 4 aliphatic carbocycles. The van der Waals surface area contributed by atoms with Crippen LogP contribution in [0.2, 0.25) is 0 Å². The number of aliphatic hydroxyl groups excluding tert-OH is 1. The highest BCUT2D eigenvalue weighted by atomic mass is 16.7. The topological polar surface area (TPSA) is 102 Å². The van der Waals surface area contributed by atoms with E-state index in [4.69, 9.17) is 14.2 Å². The summed E-state index contributed by atoms with van der Waals surface area (Å²) < 4.78 is 17.9. The fraction of sp³-hybridized carbons (Fsp3) is 0.833. The summed E-state index contributed by atoms with van der Waals surface area (Å²) in [5.74, 6) is -3.51. The Hall–Kier alpha value is -1.44. The minimum Gasteiger partial charge on any atom is -0.457 e. The second-order valence-corrected chi connectivity index (χ2v) is 11.2. The third-order valence-corrected chi connectivity index (χ3v) is 9.53. The van der Waals surface area contributed by atoms with Crippen molar-refractivity contribution in [2.24, 2.45) is 34.0 Å². The molecule has 4 saturated carbocycles. The normalized spacial score (nSPS) is 51.6. The summed E-state index contributed by atoms with van der Waals surface area (Å²) in [6.07, 6.45) is 1.48. The van der Waals surface area contributed by atoms with E-state index in [-0.39, 0.29) is 28.6 Å². The maximum Gasteiger partial charge on any atom is 0.303 e. The molecule has 6 aliphatic rings. The van der Waals surface area contributed by atoms with Crippen LogP contribution in [0.25, 0.3) is 0 Å². The average molecular weight is 435 g/mol. The molecule has 2 saturated heterocycles. The largest absolute Gasteiger partial charge is 0.457 e. The van der Waals surface area contributed by atoms with Crippen molar-refractivity contribution in [3.8, 4) is 0 Å². The summed E-state index contributed by atoms with van der Waals surface area (Å²) in [4.78, 5) is 24.3. The Morgan fingerprint density at radius 3 is 2.45 bits per heavy atom.